The molecule has 162 valence electrons. The van der Waals surface area contributed by atoms with E-state index in [1.807, 2.05) is 27.7 Å². The molecule has 1 aromatic rings. The van der Waals surface area contributed by atoms with Crippen molar-refractivity contribution in [2.75, 3.05) is 26.4 Å². The summed E-state index contributed by atoms with van der Waals surface area (Å²) >= 11 is 0. The normalized spacial score (nSPS) is 10.0. The summed E-state index contributed by atoms with van der Waals surface area (Å²) in [6, 6.07) is 4.30. The van der Waals surface area contributed by atoms with Gasteiger partial charge in [-0.3, -0.25) is 19.2 Å². The average Bonchev–Trinajstić information content (AvgIpc) is 2.69. The molecular weight excluding hydrogens is 378 g/mol. The van der Waals surface area contributed by atoms with Crippen LogP contribution >= 0.6 is 0 Å². The number of aliphatic carboxylic acids is 1. The number of hydrogen-bond donors (Lipinski definition) is 2. The third-order valence-electron chi connectivity index (χ3n) is 3.61. The Morgan fingerprint density at radius 2 is 1.62 bits per heavy atom. The first kappa shape index (κ1) is 26.3. The molecular formula is C21H31NO7. The fraction of sp³-hybridized carbons (Fsp3) is 0.524. The number of carboxylic acid groups (broad SMARTS) is 1. The van der Waals surface area contributed by atoms with Crippen LogP contribution in [0.4, 0.5) is 0 Å². The van der Waals surface area contributed by atoms with E-state index < -0.39 is 18.4 Å². The molecule has 0 bridgehead atoms. The van der Waals surface area contributed by atoms with Crippen molar-refractivity contribution in [1.29, 1.82) is 0 Å². The van der Waals surface area contributed by atoms with Crippen LogP contribution in [0.5, 0.6) is 5.75 Å². The van der Waals surface area contributed by atoms with E-state index in [9.17, 15) is 19.2 Å². The Labute approximate surface area is 171 Å². The summed E-state index contributed by atoms with van der Waals surface area (Å²) in [5.41, 5.74) is 0.402. The molecule has 0 aliphatic carbocycles. The highest BCUT2D eigenvalue weighted by atomic mass is 16.5. The van der Waals surface area contributed by atoms with E-state index in [0.29, 0.717) is 18.8 Å². The molecule has 0 saturated heterocycles. The number of hydrogen-bond acceptors (Lipinski definition) is 6. The zero-order valence-electron chi connectivity index (χ0n) is 17.7. The second-order valence-electron chi connectivity index (χ2n) is 6.21. The molecule has 0 fully saturated rings. The van der Waals surface area contributed by atoms with Crippen molar-refractivity contribution in [1.82, 2.24) is 5.32 Å². The highest BCUT2D eigenvalue weighted by Crippen LogP contribution is 2.18. The summed E-state index contributed by atoms with van der Waals surface area (Å²) < 4.78 is 10.8. The average molecular weight is 409 g/mol. The molecule has 0 spiro atoms. The van der Waals surface area contributed by atoms with Gasteiger partial charge < -0.3 is 19.9 Å². The predicted octanol–water partition coefficient (Wildman–Crippen LogP) is 2.74. The molecule has 0 aromatic heterocycles. The lowest BCUT2D eigenvalue weighted by molar-refractivity contribution is -0.135. The van der Waals surface area contributed by atoms with Crippen LogP contribution < -0.4 is 10.1 Å². The van der Waals surface area contributed by atoms with Gasteiger partial charge in [-0.1, -0.05) is 27.7 Å². The van der Waals surface area contributed by atoms with Crippen molar-refractivity contribution in [3.05, 3.63) is 29.3 Å². The number of rotatable bonds is 12. The van der Waals surface area contributed by atoms with Gasteiger partial charge >= 0.3 is 5.97 Å². The van der Waals surface area contributed by atoms with Gasteiger partial charge in [0.1, 0.15) is 24.7 Å². The van der Waals surface area contributed by atoms with Crippen LogP contribution in [0.2, 0.25) is 0 Å². The largest absolute Gasteiger partial charge is 0.491 e. The van der Waals surface area contributed by atoms with Gasteiger partial charge in [-0.2, -0.15) is 0 Å². The van der Waals surface area contributed by atoms with E-state index in [1.165, 1.54) is 25.1 Å². The van der Waals surface area contributed by atoms with Crippen molar-refractivity contribution < 1.29 is 33.8 Å². The van der Waals surface area contributed by atoms with Crippen LogP contribution in [-0.2, 0) is 14.3 Å². The van der Waals surface area contributed by atoms with Crippen LogP contribution in [0.1, 0.15) is 61.8 Å². The van der Waals surface area contributed by atoms with Crippen LogP contribution in [0.25, 0.3) is 0 Å². The van der Waals surface area contributed by atoms with E-state index in [0.717, 1.165) is 0 Å². The van der Waals surface area contributed by atoms with E-state index in [2.05, 4.69) is 5.32 Å². The van der Waals surface area contributed by atoms with Crippen molar-refractivity contribution in [3.8, 4) is 5.75 Å². The number of carbonyl (C=O) groups is 4. The fourth-order valence-corrected chi connectivity index (χ4v) is 2.06. The number of carboxylic acids is 1. The van der Waals surface area contributed by atoms with E-state index in [1.54, 1.807) is 0 Å². The summed E-state index contributed by atoms with van der Waals surface area (Å²) in [4.78, 5) is 45.7. The molecule has 0 radical (unpaired) electrons. The second kappa shape index (κ2) is 14.3. The topological polar surface area (TPSA) is 119 Å². The molecule has 0 atom stereocenters. The number of ether oxygens (including phenoxy) is 2. The molecule has 0 heterocycles. The standard InChI is InChI=1S/C19H25NO7.C2H6/c1-12(2)17(22)4-5-26-6-7-27-16-9-14(13(3)21)8-15(10-16)19(25)20-11-18(23)24;1-2/h8-10,12H,4-7,11H2,1-3H3,(H,20,25)(H,23,24);1-2H3. The Bertz CT molecular complexity index is 698. The molecule has 0 aliphatic rings. The highest BCUT2D eigenvalue weighted by molar-refractivity contribution is 6.00. The van der Waals surface area contributed by atoms with Gasteiger partial charge in [0, 0.05) is 23.5 Å². The Morgan fingerprint density at radius 3 is 2.17 bits per heavy atom. The fourth-order valence-electron chi connectivity index (χ4n) is 2.06. The van der Waals surface area contributed by atoms with Crippen molar-refractivity contribution in [2.45, 2.75) is 41.0 Å². The monoisotopic (exact) mass is 409 g/mol. The van der Waals surface area contributed by atoms with Gasteiger partial charge in [-0.15, -0.1) is 0 Å². The Kier molecular flexibility index (Phi) is 12.9. The summed E-state index contributed by atoms with van der Waals surface area (Å²) in [5.74, 6) is -1.64. The second-order valence-corrected chi connectivity index (χ2v) is 6.21. The third kappa shape index (κ3) is 11.0. The van der Waals surface area contributed by atoms with Crippen molar-refractivity contribution in [2.24, 2.45) is 5.92 Å². The first-order valence-electron chi connectivity index (χ1n) is 9.60. The number of amides is 1. The number of benzene rings is 1. The first-order chi connectivity index (χ1) is 13.7. The van der Waals surface area contributed by atoms with E-state index >= 15 is 0 Å². The number of carbonyl (C=O) groups excluding carboxylic acids is 3. The lowest BCUT2D eigenvalue weighted by Crippen LogP contribution is -2.29. The van der Waals surface area contributed by atoms with Crippen LogP contribution in [0.15, 0.2) is 18.2 Å². The lowest BCUT2D eigenvalue weighted by Gasteiger charge is -2.11. The maximum absolute atomic E-state index is 12.0. The smallest absolute Gasteiger partial charge is 0.322 e. The zero-order valence-corrected chi connectivity index (χ0v) is 17.7. The Hall–Kier alpha value is -2.74. The minimum absolute atomic E-state index is 0.0233. The molecule has 1 amide bonds. The summed E-state index contributed by atoms with van der Waals surface area (Å²) in [6.45, 7) is 9.21. The molecule has 1 rings (SSSR count). The van der Waals surface area contributed by atoms with Crippen LogP contribution in [-0.4, -0.2) is 54.9 Å². The number of nitrogens with one attached hydrogen (secondary N) is 1. The van der Waals surface area contributed by atoms with Gasteiger partial charge in [-0.05, 0) is 25.1 Å². The summed E-state index contributed by atoms with van der Waals surface area (Å²) in [6.07, 6.45) is 0.339. The maximum Gasteiger partial charge on any atom is 0.322 e. The highest BCUT2D eigenvalue weighted by Gasteiger charge is 2.13. The summed E-state index contributed by atoms with van der Waals surface area (Å²) in [7, 11) is 0. The molecule has 0 saturated carbocycles. The Morgan fingerprint density at radius 1 is 1.00 bits per heavy atom. The minimum atomic E-state index is -1.17. The quantitative estimate of drug-likeness (QED) is 0.402. The van der Waals surface area contributed by atoms with Gasteiger partial charge in [-0.25, -0.2) is 0 Å². The van der Waals surface area contributed by atoms with Gasteiger partial charge in [0.2, 0.25) is 0 Å². The molecule has 8 nitrogen and oxygen atoms in total. The summed E-state index contributed by atoms with van der Waals surface area (Å²) in [5, 5.41) is 10.9. The zero-order chi connectivity index (χ0) is 22.4. The molecule has 2 N–H and O–H groups in total. The molecule has 0 unspecified atom stereocenters. The first-order valence-corrected chi connectivity index (χ1v) is 9.60. The Balaban J connectivity index is 0.00000379. The minimum Gasteiger partial charge on any atom is -0.491 e. The lowest BCUT2D eigenvalue weighted by atomic mass is 10.1. The van der Waals surface area contributed by atoms with Crippen molar-refractivity contribution >= 4 is 23.4 Å². The van der Waals surface area contributed by atoms with Gasteiger partial charge in [0.25, 0.3) is 5.91 Å². The predicted molar refractivity (Wildman–Crippen MR) is 109 cm³/mol. The molecule has 8 heteroatoms. The van der Waals surface area contributed by atoms with Crippen LogP contribution in [0.3, 0.4) is 0 Å². The molecule has 29 heavy (non-hydrogen) atoms. The SMILES string of the molecule is CC.CC(=O)c1cc(OCCOCCC(=O)C(C)C)cc(C(=O)NCC(=O)O)c1. The van der Waals surface area contributed by atoms with Gasteiger partial charge in [0.15, 0.2) is 5.78 Å². The molecule has 0 aliphatic heterocycles. The van der Waals surface area contributed by atoms with E-state index in [-0.39, 0.29) is 41.8 Å². The maximum atomic E-state index is 12.0. The van der Waals surface area contributed by atoms with Gasteiger partial charge in [0.05, 0.1) is 13.2 Å². The number of ketones is 2. The van der Waals surface area contributed by atoms with Crippen molar-refractivity contribution in [3.63, 3.8) is 0 Å². The van der Waals surface area contributed by atoms with Crippen LogP contribution in [0, 0.1) is 5.92 Å². The van der Waals surface area contributed by atoms with E-state index in [4.69, 9.17) is 14.6 Å². The number of Topliss-reactive ketones (excluding diaryl/α,β-unsaturated/α-hetero) is 2. The molecule has 1 aromatic carbocycles. The third-order valence-corrected chi connectivity index (χ3v) is 3.61.